The number of piperidine rings is 1. The van der Waals surface area contributed by atoms with Gasteiger partial charge in [-0.3, -0.25) is 4.79 Å². The van der Waals surface area contributed by atoms with Gasteiger partial charge in [-0.1, -0.05) is 32.1 Å². The fourth-order valence-corrected chi connectivity index (χ4v) is 4.18. The second kappa shape index (κ2) is 8.01. The van der Waals surface area contributed by atoms with Crippen LogP contribution < -0.4 is 10.2 Å². The quantitative estimate of drug-likeness (QED) is 0.915. The van der Waals surface area contributed by atoms with Gasteiger partial charge in [0.25, 0.3) is 0 Å². The lowest BCUT2D eigenvalue weighted by atomic mass is 9.93. The molecule has 7 heteroatoms. The molecule has 7 nitrogen and oxygen atoms in total. The molecule has 2 aromatic heterocycles. The van der Waals surface area contributed by atoms with Crippen LogP contribution in [0.5, 0.6) is 0 Å². The molecule has 1 saturated heterocycles. The third kappa shape index (κ3) is 3.97. The number of carbonyl (C=O) groups is 1. The highest BCUT2D eigenvalue weighted by molar-refractivity contribution is 5.79. The Morgan fingerprint density at radius 2 is 1.73 bits per heavy atom. The smallest absolute Gasteiger partial charge is 0.223 e. The highest BCUT2D eigenvalue weighted by atomic mass is 16.1. The number of carbonyl (C=O) groups excluding carboxylic acids is 1. The van der Waals surface area contributed by atoms with Gasteiger partial charge in [0.2, 0.25) is 5.91 Å². The second-order valence-corrected chi connectivity index (χ2v) is 7.64. The molecule has 0 radical (unpaired) electrons. The molecule has 0 aromatic carbocycles. The predicted molar refractivity (Wildman–Crippen MR) is 100.0 cm³/mol. The number of hydrogen-bond acceptors (Lipinski definition) is 5. The van der Waals surface area contributed by atoms with Crippen molar-refractivity contribution in [3.05, 3.63) is 18.5 Å². The molecule has 3 heterocycles. The summed E-state index contributed by atoms with van der Waals surface area (Å²) in [6.07, 6.45) is 12.2. The number of anilines is 1. The maximum Gasteiger partial charge on any atom is 0.223 e. The molecule has 0 unspecified atom stereocenters. The van der Waals surface area contributed by atoms with E-state index in [2.05, 4.69) is 25.5 Å². The minimum absolute atomic E-state index is 0.135. The third-order valence-corrected chi connectivity index (χ3v) is 5.79. The average Bonchev–Trinajstić information content (AvgIpc) is 3.11. The van der Waals surface area contributed by atoms with Gasteiger partial charge in [0.05, 0.1) is 0 Å². The Kier molecular flexibility index (Phi) is 5.32. The van der Waals surface area contributed by atoms with Crippen LogP contribution in [0.2, 0.25) is 0 Å². The number of aromatic nitrogens is 4. The maximum absolute atomic E-state index is 12.7. The zero-order valence-electron chi connectivity index (χ0n) is 15.3. The summed E-state index contributed by atoms with van der Waals surface area (Å²) < 4.78 is 1.70. The molecule has 0 spiro atoms. The summed E-state index contributed by atoms with van der Waals surface area (Å²) in [4.78, 5) is 14.9. The maximum atomic E-state index is 12.7. The zero-order chi connectivity index (χ0) is 17.8. The Hall–Kier alpha value is -2.18. The van der Waals surface area contributed by atoms with E-state index in [1.165, 1.54) is 32.1 Å². The van der Waals surface area contributed by atoms with Crippen LogP contribution in [0.25, 0.3) is 5.65 Å². The molecule has 1 aliphatic carbocycles. The fourth-order valence-electron chi connectivity index (χ4n) is 4.18. The van der Waals surface area contributed by atoms with E-state index in [0.717, 1.165) is 50.2 Å². The first-order chi connectivity index (χ1) is 12.8. The molecule has 2 aromatic rings. The number of nitrogens with zero attached hydrogens (tertiary/aromatic N) is 5. The predicted octanol–water partition coefficient (Wildman–Crippen LogP) is 2.57. The largest absolute Gasteiger partial charge is 0.355 e. The van der Waals surface area contributed by atoms with Gasteiger partial charge in [0, 0.05) is 25.0 Å². The number of hydrogen-bond donors (Lipinski definition) is 1. The van der Waals surface area contributed by atoms with Crippen molar-refractivity contribution >= 4 is 17.4 Å². The lowest BCUT2D eigenvalue weighted by Crippen LogP contribution is -2.44. The van der Waals surface area contributed by atoms with Crippen molar-refractivity contribution in [2.24, 2.45) is 5.92 Å². The van der Waals surface area contributed by atoms with E-state index in [0.29, 0.717) is 6.04 Å². The molecule has 2 aliphatic rings. The van der Waals surface area contributed by atoms with Crippen molar-refractivity contribution < 1.29 is 4.79 Å². The van der Waals surface area contributed by atoms with Crippen molar-refractivity contribution in [1.82, 2.24) is 25.1 Å². The van der Waals surface area contributed by atoms with Crippen LogP contribution in [0.15, 0.2) is 18.5 Å². The summed E-state index contributed by atoms with van der Waals surface area (Å²) in [5, 5.41) is 15.8. The van der Waals surface area contributed by atoms with E-state index in [9.17, 15) is 4.79 Å². The van der Waals surface area contributed by atoms with Gasteiger partial charge in [-0.15, -0.1) is 15.3 Å². The first-order valence-corrected chi connectivity index (χ1v) is 10.0. The zero-order valence-corrected chi connectivity index (χ0v) is 15.3. The summed E-state index contributed by atoms with van der Waals surface area (Å²) in [6.45, 7) is 1.73. The van der Waals surface area contributed by atoms with Crippen molar-refractivity contribution in [3.63, 3.8) is 0 Å². The van der Waals surface area contributed by atoms with E-state index < -0.39 is 0 Å². The van der Waals surface area contributed by atoms with E-state index in [1.807, 2.05) is 12.1 Å². The summed E-state index contributed by atoms with van der Waals surface area (Å²) in [6, 6.07) is 4.31. The summed E-state index contributed by atoms with van der Waals surface area (Å²) in [5.41, 5.74) is 0.752. The fraction of sp³-hybridized carbons (Fsp3) is 0.684. The van der Waals surface area contributed by atoms with E-state index in [-0.39, 0.29) is 11.8 Å². The van der Waals surface area contributed by atoms with Crippen LogP contribution in [-0.2, 0) is 4.79 Å². The highest BCUT2D eigenvalue weighted by Crippen LogP contribution is 2.23. The standard InChI is InChI=1S/C19H28N6O/c26-19(21-16-6-4-2-1-3-5-7-16)15-10-12-24(13-11-15)18-9-8-17-22-20-14-25(17)23-18/h8-9,14-16H,1-7,10-13H2,(H,21,26). The molecule has 0 bridgehead atoms. The van der Waals surface area contributed by atoms with Crippen molar-refractivity contribution in [2.45, 2.75) is 63.8 Å². The summed E-state index contributed by atoms with van der Waals surface area (Å²) in [7, 11) is 0. The van der Waals surface area contributed by atoms with Crippen LogP contribution in [0, 0.1) is 5.92 Å². The third-order valence-electron chi connectivity index (χ3n) is 5.79. The lowest BCUT2D eigenvalue weighted by molar-refractivity contribution is -0.126. The van der Waals surface area contributed by atoms with Gasteiger partial charge < -0.3 is 10.2 Å². The first kappa shape index (κ1) is 17.2. The average molecular weight is 356 g/mol. The van der Waals surface area contributed by atoms with Crippen LogP contribution >= 0.6 is 0 Å². The molecule has 1 amide bonds. The van der Waals surface area contributed by atoms with Gasteiger partial charge in [0.1, 0.15) is 12.1 Å². The molecule has 1 saturated carbocycles. The van der Waals surface area contributed by atoms with Gasteiger partial charge in [-0.25, -0.2) is 0 Å². The lowest BCUT2D eigenvalue weighted by Gasteiger charge is -2.33. The van der Waals surface area contributed by atoms with Crippen LogP contribution in [-0.4, -0.2) is 44.8 Å². The number of amides is 1. The normalized spacial score (nSPS) is 20.7. The molecule has 1 aliphatic heterocycles. The Bertz CT molecular complexity index is 728. The molecular weight excluding hydrogens is 328 g/mol. The molecular formula is C19H28N6O. The van der Waals surface area contributed by atoms with E-state index in [4.69, 9.17) is 0 Å². The van der Waals surface area contributed by atoms with E-state index >= 15 is 0 Å². The molecule has 4 rings (SSSR count). The first-order valence-electron chi connectivity index (χ1n) is 10.0. The topological polar surface area (TPSA) is 75.4 Å². The van der Waals surface area contributed by atoms with Crippen LogP contribution in [0.1, 0.15) is 57.8 Å². The van der Waals surface area contributed by atoms with Gasteiger partial charge in [0.15, 0.2) is 5.65 Å². The molecule has 140 valence electrons. The van der Waals surface area contributed by atoms with E-state index in [1.54, 1.807) is 10.8 Å². The van der Waals surface area contributed by atoms with Gasteiger partial charge in [-0.05, 0) is 37.8 Å². The second-order valence-electron chi connectivity index (χ2n) is 7.64. The highest BCUT2D eigenvalue weighted by Gasteiger charge is 2.27. The van der Waals surface area contributed by atoms with Gasteiger partial charge >= 0.3 is 0 Å². The Balaban J connectivity index is 1.30. The number of fused-ring (bicyclic) bond motifs is 1. The van der Waals surface area contributed by atoms with Gasteiger partial charge in [-0.2, -0.15) is 4.52 Å². The minimum Gasteiger partial charge on any atom is -0.355 e. The Labute approximate surface area is 154 Å². The molecule has 0 atom stereocenters. The number of nitrogens with one attached hydrogen (secondary N) is 1. The van der Waals surface area contributed by atoms with Crippen LogP contribution in [0.4, 0.5) is 5.82 Å². The monoisotopic (exact) mass is 356 g/mol. The van der Waals surface area contributed by atoms with Crippen molar-refractivity contribution in [2.75, 3.05) is 18.0 Å². The number of rotatable bonds is 3. The summed E-state index contributed by atoms with van der Waals surface area (Å²) in [5.74, 6) is 1.32. The SMILES string of the molecule is O=C(NC1CCCCCCC1)C1CCN(c2ccc3nncn3n2)CC1. The molecule has 2 fully saturated rings. The molecule has 26 heavy (non-hydrogen) atoms. The summed E-state index contributed by atoms with van der Waals surface area (Å²) >= 11 is 0. The Morgan fingerprint density at radius 3 is 2.50 bits per heavy atom. The van der Waals surface area contributed by atoms with Crippen LogP contribution in [0.3, 0.4) is 0 Å². The van der Waals surface area contributed by atoms with Crippen molar-refractivity contribution in [3.8, 4) is 0 Å². The van der Waals surface area contributed by atoms with Crippen molar-refractivity contribution in [1.29, 1.82) is 0 Å². The minimum atomic E-state index is 0.135. The Morgan fingerprint density at radius 1 is 1.00 bits per heavy atom. The molecule has 1 N–H and O–H groups in total.